The molecule has 0 saturated carbocycles. The van der Waals surface area contributed by atoms with Crippen LogP contribution in [-0.2, 0) is 16.7 Å². The lowest BCUT2D eigenvalue weighted by molar-refractivity contribution is 0.483. The molecule has 0 aliphatic rings. The van der Waals surface area contributed by atoms with Crippen LogP contribution in [0.4, 0.5) is 0 Å². The highest BCUT2D eigenvalue weighted by Crippen LogP contribution is 2.10. The average molecular weight is 282 g/mol. The van der Waals surface area contributed by atoms with Gasteiger partial charge >= 0.3 is 5.69 Å². The molecule has 0 fully saturated rings. The summed E-state index contributed by atoms with van der Waals surface area (Å²) in [6.07, 6.45) is 1.25. The molecule has 0 atom stereocenters. The number of aromatic nitrogens is 2. The predicted molar refractivity (Wildman–Crippen MR) is 66.7 cm³/mol. The zero-order chi connectivity index (χ0) is 14.0. The van der Waals surface area contributed by atoms with Crippen LogP contribution >= 0.6 is 0 Å². The lowest BCUT2D eigenvalue weighted by Gasteiger charge is -2.04. The van der Waals surface area contributed by atoms with Gasteiger partial charge in [-0.1, -0.05) is 12.1 Å². The van der Waals surface area contributed by atoms with E-state index in [0.29, 0.717) is 5.56 Å². The van der Waals surface area contributed by atoms with Gasteiger partial charge in [-0.3, -0.25) is 13.9 Å². The van der Waals surface area contributed by atoms with Gasteiger partial charge in [0, 0.05) is 12.3 Å². The SMILES string of the molecule is O=c1cc[nH]c(=O)n1Cc1ccc(S(=O)(=O)O)cc1. The molecule has 0 saturated heterocycles. The van der Waals surface area contributed by atoms with Gasteiger partial charge in [0.2, 0.25) is 0 Å². The van der Waals surface area contributed by atoms with Gasteiger partial charge in [-0.2, -0.15) is 8.42 Å². The van der Waals surface area contributed by atoms with Crippen LogP contribution < -0.4 is 11.2 Å². The lowest BCUT2D eigenvalue weighted by atomic mass is 10.2. The first kappa shape index (κ1) is 13.2. The van der Waals surface area contributed by atoms with Crippen LogP contribution in [0.1, 0.15) is 5.56 Å². The molecule has 100 valence electrons. The summed E-state index contributed by atoms with van der Waals surface area (Å²) in [4.78, 5) is 25.0. The van der Waals surface area contributed by atoms with E-state index in [2.05, 4.69) is 4.98 Å². The number of benzene rings is 1. The molecular formula is C11H10N2O5S. The highest BCUT2D eigenvalue weighted by Gasteiger charge is 2.09. The molecule has 2 N–H and O–H groups in total. The van der Waals surface area contributed by atoms with Crippen molar-refractivity contribution in [3.05, 3.63) is 62.9 Å². The molecule has 0 aliphatic heterocycles. The Morgan fingerprint density at radius 1 is 1.11 bits per heavy atom. The Labute approximate surface area is 107 Å². The van der Waals surface area contributed by atoms with Gasteiger partial charge in [0.25, 0.3) is 15.7 Å². The molecule has 1 aromatic heterocycles. The molecule has 1 aromatic carbocycles. The van der Waals surface area contributed by atoms with Crippen LogP contribution in [0.25, 0.3) is 0 Å². The van der Waals surface area contributed by atoms with Crippen LogP contribution in [0.2, 0.25) is 0 Å². The first-order chi connectivity index (χ1) is 8.88. The first-order valence-electron chi connectivity index (χ1n) is 5.23. The number of hydrogen-bond donors (Lipinski definition) is 2. The van der Waals surface area contributed by atoms with Gasteiger partial charge in [-0.15, -0.1) is 0 Å². The van der Waals surface area contributed by atoms with Gasteiger partial charge in [0.1, 0.15) is 0 Å². The molecule has 0 radical (unpaired) electrons. The molecule has 1 heterocycles. The van der Waals surface area contributed by atoms with E-state index < -0.39 is 21.4 Å². The van der Waals surface area contributed by atoms with Crippen molar-refractivity contribution in [3.8, 4) is 0 Å². The number of rotatable bonds is 3. The van der Waals surface area contributed by atoms with E-state index in [9.17, 15) is 18.0 Å². The number of aromatic amines is 1. The molecule has 7 nitrogen and oxygen atoms in total. The minimum atomic E-state index is -4.25. The molecule has 8 heteroatoms. The summed E-state index contributed by atoms with van der Waals surface area (Å²) in [6.45, 7) is 0.0146. The largest absolute Gasteiger partial charge is 0.328 e. The van der Waals surface area contributed by atoms with E-state index in [1.54, 1.807) is 0 Å². The predicted octanol–water partition coefficient (Wildman–Crippen LogP) is -0.168. The smallest absolute Gasteiger partial charge is 0.314 e. The zero-order valence-corrected chi connectivity index (χ0v) is 10.4. The summed E-state index contributed by atoms with van der Waals surface area (Å²) in [5, 5.41) is 0. The van der Waals surface area contributed by atoms with E-state index in [-0.39, 0.29) is 11.4 Å². The molecule has 0 aliphatic carbocycles. The third-order valence-electron chi connectivity index (χ3n) is 2.51. The highest BCUT2D eigenvalue weighted by atomic mass is 32.2. The van der Waals surface area contributed by atoms with Gasteiger partial charge in [0.05, 0.1) is 11.4 Å². The quantitative estimate of drug-likeness (QED) is 0.760. The van der Waals surface area contributed by atoms with Gasteiger partial charge < -0.3 is 4.98 Å². The second kappa shape index (κ2) is 4.82. The van der Waals surface area contributed by atoms with Crippen LogP contribution in [0.5, 0.6) is 0 Å². The van der Waals surface area contributed by atoms with Gasteiger partial charge in [-0.05, 0) is 17.7 Å². The number of nitrogens with zero attached hydrogens (tertiary/aromatic N) is 1. The molecule has 2 aromatic rings. The van der Waals surface area contributed by atoms with Gasteiger partial charge in [0.15, 0.2) is 0 Å². The molecular weight excluding hydrogens is 272 g/mol. The molecule has 0 amide bonds. The van der Waals surface area contributed by atoms with Crippen LogP contribution in [0.15, 0.2) is 51.0 Å². The number of hydrogen-bond acceptors (Lipinski definition) is 4. The van der Waals surface area contributed by atoms with Gasteiger partial charge in [-0.25, -0.2) is 4.79 Å². The second-order valence-electron chi connectivity index (χ2n) is 3.83. The Kier molecular flexibility index (Phi) is 3.36. The summed E-state index contributed by atoms with van der Waals surface area (Å²) < 4.78 is 31.5. The molecule has 19 heavy (non-hydrogen) atoms. The highest BCUT2D eigenvalue weighted by molar-refractivity contribution is 7.85. The molecule has 0 unspecified atom stereocenters. The van der Waals surface area contributed by atoms with Crippen molar-refractivity contribution in [1.82, 2.24) is 9.55 Å². The van der Waals surface area contributed by atoms with Crippen LogP contribution in [-0.4, -0.2) is 22.5 Å². The van der Waals surface area contributed by atoms with E-state index in [1.807, 2.05) is 0 Å². The maximum atomic E-state index is 11.5. The third kappa shape index (κ3) is 2.98. The fraction of sp³-hybridized carbons (Fsp3) is 0.0909. The maximum absolute atomic E-state index is 11.5. The monoisotopic (exact) mass is 282 g/mol. The Balaban J connectivity index is 2.36. The van der Waals surface area contributed by atoms with Crippen molar-refractivity contribution >= 4 is 10.1 Å². The summed E-state index contributed by atoms with van der Waals surface area (Å²) in [5.74, 6) is 0. The average Bonchev–Trinajstić information content (AvgIpc) is 2.33. The molecule has 0 spiro atoms. The normalized spacial score (nSPS) is 11.4. The van der Waals surface area contributed by atoms with E-state index >= 15 is 0 Å². The fourth-order valence-corrected chi connectivity index (χ4v) is 2.03. The number of nitrogens with one attached hydrogen (secondary N) is 1. The number of H-pyrrole nitrogens is 1. The lowest BCUT2D eigenvalue weighted by Crippen LogP contribution is -2.34. The van der Waals surface area contributed by atoms with Crippen molar-refractivity contribution in [1.29, 1.82) is 0 Å². The second-order valence-corrected chi connectivity index (χ2v) is 5.25. The van der Waals surface area contributed by atoms with Crippen LogP contribution in [0, 0.1) is 0 Å². The third-order valence-corrected chi connectivity index (χ3v) is 3.37. The summed E-state index contributed by atoms with van der Waals surface area (Å²) >= 11 is 0. The topological polar surface area (TPSA) is 109 Å². The Hall–Kier alpha value is -2.19. The molecule has 0 bridgehead atoms. The van der Waals surface area contributed by atoms with E-state index in [4.69, 9.17) is 4.55 Å². The summed E-state index contributed by atoms with van der Waals surface area (Å²) in [6, 6.07) is 6.46. The summed E-state index contributed by atoms with van der Waals surface area (Å²) in [7, 11) is -4.25. The minimum Gasteiger partial charge on any atom is -0.314 e. The van der Waals surface area contributed by atoms with Crippen molar-refractivity contribution in [3.63, 3.8) is 0 Å². The van der Waals surface area contributed by atoms with Crippen molar-refractivity contribution in [2.24, 2.45) is 0 Å². The standard InChI is InChI=1S/C11H10N2O5S/c14-10-5-6-12-11(15)13(10)7-8-1-3-9(4-2-8)19(16,17)18/h1-6H,7H2,(H,12,15)(H,16,17,18). The Morgan fingerprint density at radius 3 is 2.26 bits per heavy atom. The Morgan fingerprint density at radius 2 is 1.74 bits per heavy atom. The van der Waals surface area contributed by atoms with E-state index in [0.717, 1.165) is 4.57 Å². The summed E-state index contributed by atoms with van der Waals surface area (Å²) in [5.41, 5.74) is -0.444. The zero-order valence-electron chi connectivity index (χ0n) is 9.61. The van der Waals surface area contributed by atoms with Crippen molar-refractivity contribution in [2.45, 2.75) is 11.4 Å². The first-order valence-corrected chi connectivity index (χ1v) is 6.67. The van der Waals surface area contributed by atoms with E-state index in [1.165, 1.54) is 36.5 Å². The fourth-order valence-electron chi connectivity index (χ4n) is 1.55. The van der Waals surface area contributed by atoms with Crippen molar-refractivity contribution < 1.29 is 13.0 Å². The van der Waals surface area contributed by atoms with Crippen molar-refractivity contribution in [2.75, 3.05) is 0 Å². The minimum absolute atomic E-state index is 0.0146. The maximum Gasteiger partial charge on any atom is 0.328 e. The van der Waals surface area contributed by atoms with Crippen LogP contribution in [0.3, 0.4) is 0 Å². The molecule has 2 rings (SSSR count). The Bertz CT molecular complexity index is 774.